The average molecular weight is 290 g/mol. The van der Waals surface area contributed by atoms with E-state index in [1.54, 1.807) is 0 Å². The van der Waals surface area contributed by atoms with Gasteiger partial charge in [0.1, 0.15) is 5.82 Å². The fraction of sp³-hybridized carbons (Fsp3) is 0.706. The molecule has 2 rings (SSSR count). The number of nitrogens with zero attached hydrogens (tertiary/aromatic N) is 3. The molecule has 0 bridgehead atoms. The summed E-state index contributed by atoms with van der Waals surface area (Å²) in [4.78, 5) is 9.71. The Morgan fingerprint density at radius 1 is 1.24 bits per heavy atom. The van der Waals surface area contributed by atoms with Crippen molar-refractivity contribution >= 4 is 5.82 Å². The van der Waals surface area contributed by atoms with E-state index in [1.165, 1.54) is 12.0 Å². The summed E-state index contributed by atoms with van der Waals surface area (Å²) in [5.74, 6) is 1.12. The molecule has 1 aromatic heterocycles. The molecule has 1 aliphatic heterocycles. The molecule has 4 heteroatoms. The molecule has 4 nitrogen and oxygen atoms in total. The highest BCUT2D eigenvalue weighted by molar-refractivity contribution is 5.42. The Hall–Kier alpha value is -1.13. The molecule has 118 valence electrons. The first kappa shape index (κ1) is 16.2. The molecule has 0 aromatic carbocycles. The predicted molar refractivity (Wildman–Crippen MR) is 89.9 cm³/mol. The van der Waals surface area contributed by atoms with Crippen molar-refractivity contribution in [3.05, 3.63) is 23.4 Å². The van der Waals surface area contributed by atoms with E-state index in [1.807, 2.05) is 0 Å². The van der Waals surface area contributed by atoms with E-state index in [4.69, 9.17) is 4.98 Å². The summed E-state index contributed by atoms with van der Waals surface area (Å²) in [6.07, 6.45) is 1.17. The quantitative estimate of drug-likeness (QED) is 0.844. The minimum absolute atomic E-state index is 0.571. The van der Waals surface area contributed by atoms with Gasteiger partial charge in [-0.25, -0.2) is 4.98 Å². The third-order valence-electron chi connectivity index (χ3n) is 4.61. The van der Waals surface area contributed by atoms with E-state index in [0.717, 1.165) is 37.7 Å². The van der Waals surface area contributed by atoms with Gasteiger partial charge in [-0.05, 0) is 52.4 Å². The molecule has 1 N–H and O–H groups in total. The van der Waals surface area contributed by atoms with Crippen LogP contribution < -0.4 is 10.2 Å². The van der Waals surface area contributed by atoms with Crippen LogP contribution in [0.25, 0.3) is 0 Å². The maximum absolute atomic E-state index is 4.84. The number of pyridine rings is 1. The van der Waals surface area contributed by atoms with Crippen LogP contribution in [0.3, 0.4) is 0 Å². The third-order valence-corrected chi connectivity index (χ3v) is 4.61. The second kappa shape index (κ2) is 7.23. The second-order valence-corrected chi connectivity index (χ2v) is 6.36. The Balaban J connectivity index is 2.05. The number of anilines is 1. The van der Waals surface area contributed by atoms with Gasteiger partial charge in [-0.3, -0.25) is 4.90 Å². The van der Waals surface area contributed by atoms with Crippen molar-refractivity contribution in [1.82, 2.24) is 15.2 Å². The van der Waals surface area contributed by atoms with Gasteiger partial charge in [-0.1, -0.05) is 13.0 Å². The predicted octanol–water partition coefficient (Wildman–Crippen LogP) is 2.42. The van der Waals surface area contributed by atoms with Crippen LogP contribution in [0.1, 0.15) is 38.4 Å². The molecular weight excluding hydrogens is 260 g/mol. The van der Waals surface area contributed by atoms with Gasteiger partial charge in [0.25, 0.3) is 0 Å². The number of aryl methyl sites for hydroxylation is 1. The van der Waals surface area contributed by atoms with Gasteiger partial charge in [0.15, 0.2) is 0 Å². The van der Waals surface area contributed by atoms with Crippen LogP contribution in [0.5, 0.6) is 0 Å². The van der Waals surface area contributed by atoms with Gasteiger partial charge >= 0.3 is 0 Å². The molecule has 0 amide bonds. The third kappa shape index (κ3) is 3.95. The second-order valence-electron chi connectivity index (χ2n) is 6.36. The fourth-order valence-electron chi connectivity index (χ4n) is 2.93. The lowest BCUT2D eigenvalue weighted by Crippen LogP contribution is -2.55. The molecular formula is C17H30N4. The highest BCUT2D eigenvalue weighted by atomic mass is 15.3. The van der Waals surface area contributed by atoms with E-state index < -0.39 is 0 Å². The van der Waals surface area contributed by atoms with Gasteiger partial charge in [-0.15, -0.1) is 0 Å². The molecule has 1 fully saturated rings. The van der Waals surface area contributed by atoms with Crippen LogP contribution in [0.2, 0.25) is 0 Å². The van der Waals surface area contributed by atoms with Gasteiger partial charge in [0.2, 0.25) is 0 Å². The maximum atomic E-state index is 4.84. The van der Waals surface area contributed by atoms with E-state index >= 15 is 0 Å². The maximum Gasteiger partial charge on any atom is 0.128 e. The van der Waals surface area contributed by atoms with Crippen LogP contribution in [0.15, 0.2) is 12.1 Å². The summed E-state index contributed by atoms with van der Waals surface area (Å²) >= 11 is 0. The first-order valence-corrected chi connectivity index (χ1v) is 8.17. The molecule has 21 heavy (non-hydrogen) atoms. The highest BCUT2D eigenvalue weighted by Crippen LogP contribution is 2.21. The molecule has 1 aliphatic rings. The summed E-state index contributed by atoms with van der Waals surface area (Å²) in [6, 6.07) is 5.55. The van der Waals surface area contributed by atoms with Gasteiger partial charge in [0, 0.05) is 37.4 Å². The van der Waals surface area contributed by atoms with Crippen molar-refractivity contribution < 1.29 is 0 Å². The van der Waals surface area contributed by atoms with Crippen molar-refractivity contribution in [2.24, 2.45) is 0 Å². The molecule has 2 unspecified atom stereocenters. The number of nitrogens with one attached hydrogen (secondary N) is 1. The summed E-state index contributed by atoms with van der Waals surface area (Å²) in [5.41, 5.74) is 2.46. The lowest BCUT2D eigenvalue weighted by atomic mass is 10.1. The fourth-order valence-corrected chi connectivity index (χ4v) is 2.93. The normalized spacial score (nSPS) is 23.6. The summed E-state index contributed by atoms with van der Waals surface area (Å²) in [6.45, 7) is 13.0. The Morgan fingerprint density at radius 2 is 1.90 bits per heavy atom. The molecule has 0 saturated carbocycles. The molecule has 0 aliphatic carbocycles. The Labute approximate surface area is 129 Å². The lowest BCUT2D eigenvalue weighted by Gasteiger charge is -2.43. The van der Waals surface area contributed by atoms with Crippen LogP contribution >= 0.6 is 0 Å². The summed E-state index contributed by atoms with van der Waals surface area (Å²) < 4.78 is 0. The minimum atomic E-state index is 0.571. The Morgan fingerprint density at radius 3 is 2.48 bits per heavy atom. The summed E-state index contributed by atoms with van der Waals surface area (Å²) in [7, 11) is 2.22. The number of aromatic nitrogens is 1. The van der Waals surface area contributed by atoms with Crippen LogP contribution in [0.4, 0.5) is 5.82 Å². The van der Waals surface area contributed by atoms with E-state index in [0.29, 0.717) is 12.1 Å². The molecule has 1 aromatic rings. The molecule has 1 saturated heterocycles. The van der Waals surface area contributed by atoms with Crippen LogP contribution in [-0.2, 0) is 6.54 Å². The largest absolute Gasteiger partial charge is 0.353 e. The number of likely N-dealkylation sites (N-methyl/N-ethyl adjacent to an activating group) is 1. The zero-order valence-corrected chi connectivity index (χ0v) is 14.2. The zero-order chi connectivity index (χ0) is 15.4. The Bertz CT molecular complexity index is 448. The van der Waals surface area contributed by atoms with Crippen molar-refractivity contribution in [1.29, 1.82) is 0 Å². The number of rotatable bonds is 5. The Kier molecular flexibility index (Phi) is 5.59. The number of hydrogen-bond acceptors (Lipinski definition) is 4. The number of hydrogen-bond donors (Lipinski definition) is 1. The zero-order valence-electron chi connectivity index (χ0n) is 14.2. The van der Waals surface area contributed by atoms with Crippen molar-refractivity contribution in [2.45, 2.75) is 52.7 Å². The van der Waals surface area contributed by atoms with E-state index in [2.05, 4.69) is 62.0 Å². The highest BCUT2D eigenvalue weighted by Gasteiger charge is 2.27. The van der Waals surface area contributed by atoms with Crippen LogP contribution in [0, 0.1) is 6.92 Å². The smallest absolute Gasteiger partial charge is 0.128 e. The first-order valence-electron chi connectivity index (χ1n) is 8.17. The van der Waals surface area contributed by atoms with Crippen molar-refractivity contribution in [3.8, 4) is 0 Å². The van der Waals surface area contributed by atoms with E-state index in [9.17, 15) is 0 Å². The minimum Gasteiger partial charge on any atom is -0.353 e. The van der Waals surface area contributed by atoms with Gasteiger partial charge in [-0.2, -0.15) is 0 Å². The monoisotopic (exact) mass is 290 g/mol. The van der Waals surface area contributed by atoms with Crippen molar-refractivity contribution in [2.75, 3.05) is 31.6 Å². The molecule has 0 radical (unpaired) electrons. The number of piperazine rings is 1. The van der Waals surface area contributed by atoms with Gasteiger partial charge < -0.3 is 10.2 Å². The average Bonchev–Trinajstić information content (AvgIpc) is 2.46. The van der Waals surface area contributed by atoms with Gasteiger partial charge in [0.05, 0.1) is 0 Å². The molecule has 0 spiro atoms. The lowest BCUT2D eigenvalue weighted by molar-refractivity contribution is 0.169. The standard InChI is InChI=1S/C17H30N4/c1-6-9-18-10-16-7-8-17(19-15(16)4)21-11-13(2)20(5)14(3)12-21/h7-8,13-14,18H,6,9-12H2,1-5H3. The topological polar surface area (TPSA) is 31.4 Å². The summed E-state index contributed by atoms with van der Waals surface area (Å²) in [5, 5.41) is 3.45. The molecule has 2 heterocycles. The van der Waals surface area contributed by atoms with Crippen LogP contribution in [-0.4, -0.2) is 48.6 Å². The van der Waals surface area contributed by atoms with Crippen molar-refractivity contribution in [3.63, 3.8) is 0 Å². The SMILES string of the molecule is CCCNCc1ccc(N2CC(C)N(C)C(C)C2)nc1C. The van der Waals surface area contributed by atoms with E-state index in [-0.39, 0.29) is 0 Å². The molecule has 2 atom stereocenters. The first-order chi connectivity index (χ1) is 10.0.